The average molecular weight is 291 g/mol. The molecule has 0 radical (unpaired) electrons. The summed E-state index contributed by atoms with van der Waals surface area (Å²) in [5.74, 6) is 0.320. The lowest BCUT2D eigenvalue weighted by atomic mass is 9.99. The molecule has 2 heteroatoms. The van der Waals surface area contributed by atoms with Crippen LogP contribution >= 0.6 is 0 Å². The van der Waals surface area contributed by atoms with Gasteiger partial charge in [0.1, 0.15) is 5.75 Å². The molecule has 0 atom stereocenters. The maximum atomic E-state index is 10.4. The summed E-state index contributed by atoms with van der Waals surface area (Å²) in [6.07, 6.45) is 0. The fraction of sp³-hybridized carbons (Fsp3) is 0.200. The van der Waals surface area contributed by atoms with Crippen LogP contribution in [0.2, 0.25) is 0 Å². The Kier molecular flexibility index (Phi) is 3.76. The second-order valence-corrected chi connectivity index (χ2v) is 5.91. The normalized spacial score (nSPS) is 10.9. The number of benzene rings is 3. The van der Waals surface area contributed by atoms with Crippen LogP contribution in [0.15, 0.2) is 48.5 Å². The first-order chi connectivity index (χ1) is 10.6. The summed E-state index contributed by atoms with van der Waals surface area (Å²) in [4.78, 5) is 0. The van der Waals surface area contributed by atoms with Crippen LogP contribution in [-0.2, 0) is 6.54 Å². The van der Waals surface area contributed by atoms with Gasteiger partial charge in [0.15, 0.2) is 0 Å². The molecule has 2 N–H and O–H groups in total. The molecule has 3 aromatic carbocycles. The number of anilines is 1. The number of phenolic OH excluding ortho intramolecular Hbond substituents is 1. The molecular formula is C20H21NO. The third-order valence-corrected chi connectivity index (χ3v) is 4.20. The summed E-state index contributed by atoms with van der Waals surface area (Å²) in [5.41, 5.74) is 5.92. The average Bonchev–Trinajstić information content (AvgIpc) is 2.48. The molecule has 22 heavy (non-hydrogen) atoms. The maximum absolute atomic E-state index is 10.4. The van der Waals surface area contributed by atoms with Crippen LogP contribution in [0.25, 0.3) is 10.8 Å². The highest BCUT2D eigenvalue weighted by Crippen LogP contribution is 2.33. The lowest BCUT2D eigenvalue weighted by molar-refractivity contribution is 0.483. The minimum Gasteiger partial charge on any atom is -0.505 e. The zero-order valence-corrected chi connectivity index (χ0v) is 13.3. The van der Waals surface area contributed by atoms with Crippen molar-refractivity contribution in [2.24, 2.45) is 0 Å². The molecule has 0 bridgehead atoms. The summed E-state index contributed by atoms with van der Waals surface area (Å²) in [6, 6.07) is 16.2. The Hall–Kier alpha value is -2.48. The van der Waals surface area contributed by atoms with Gasteiger partial charge in [-0.2, -0.15) is 0 Å². The third-order valence-electron chi connectivity index (χ3n) is 4.20. The van der Waals surface area contributed by atoms with Crippen LogP contribution in [-0.4, -0.2) is 5.11 Å². The van der Waals surface area contributed by atoms with Crippen molar-refractivity contribution >= 4 is 16.5 Å². The van der Waals surface area contributed by atoms with Crippen molar-refractivity contribution < 1.29 is 5.11 Å². The standard InChI is InChI=1S/C20H21NO/c1-13-10-14(2)18(15(3)11-13)12-21-19-9-8-16-6-4-5-7-17(16)20(19)22/h4-11,21-22H,12H2,1-3H3. The van der Waals surface area contributed by atoms with Crippen LogP contribution in [0.1, 0.15) is 22.3 Å². The zero-order chi connectivity index (χ0) is 15.7. The van der Waals surface area contributed by atoms with Crippen LogP contribution in [0.4, 0.5) is 5.69 Å². The Balaban J connectivity index is 1.90. The molecule has 0 aliphatic rings. The van der Waals surface area contributed by atoms with Crippen molar-refractivity contribution in [1.82, 2.24) is 0 Å². The van der Waals surface area contributed by atoms with Crippen LogP contribution in [0, 0.1) is 20.8 Å². The quantitative estimate of drug-likeness (QED) is 0.659. The number of rotatable bonds is 3. The monoisotopic (exact) mass is 291 g/mol. The molecular weight excluding hydrogens is 270 g/mol. The van der Waals surface area contributed by atoms with Crippen LogP contribution in [0.3, 0.4) is 0 Å². The Morgan fingerprint density at radius 1 is 0.909 bits per heavy atom. The van der Waals surface area contributed by atoms with Crippen LogP contribution in [0.5, 0.6) is 5.75 Å². The molecule has 0 saturated heterocycles. The third kappa shape index (κ3) is 2.64. The van der Waals surface area contributed by atoms with Gasteiger partial charge in [-0.1, -0.05) is 48.0 Å². The molecule has 112 valence electrons. The van der Waals surface area contributed by atoms with Gasteiger partial charge in [-0.15, -0.1) is 0 Å². The highest BCUT2D eigenvalue weighted by Gasteiger charge is 2.08. The maximum Gasteiger partial charge on any atom is 0.146 e. The van der Waals surface area contributed by atoms with E-state index in [-0.39, 0.29) is 0 Å². The topological polar surface area (TPSA) is 32.3 Å². The smallest absolute Gasteiger partial charge is 0.146 e. The zero-order valence-electron chi connectivity index (χ0n) is 13.3. The van der Waals surface area contributed by atoms with Crippen molar-refractivity contribution in [2.45, 2.75) is 27.3 Å². The molecule has 0 unspecified atom stereocenters. The van der Waals surface area contributed by atoms with Gasteiger partial charge in [-0.3, -0.25) is 0 Å². The molecule has 2 nitrogen and oxygen atoms in total. The highest BCUT2D eigenvalue weighted by molar-refractivity contribution is 5.93. The van der Waals surface area contributed by atoms with Crippen molar-refractivity contribution in [1.29, 1.82) is 0 Å². The van der Waals surface area contributed by atoms with E-state index in [4.69, 9.17) is 0 Å². The van der Waals surface area contributed by atoms with Crippen LogP contribution < -0.4 is 5.32 Å². The van der Waals surface area contributed by atoms with Crippen molar-refractivity contribution in [3.05, 3.63) is 70.8 Å². The number of hydrogen-bond acceptors (Lipinski definition) is 2. The first kappa shape index (κ1) is 14.5. The lowest BCUT2D eigenvalue weighted by Crippen LogP contribution is -2.04. The first-order valence-corrected chi connectivity index (χ1v) is 7.57. The van der Waals surface area contributed by atoms with E-state index in [1.165, 1.54) is 22.3 Å². The molecule has 0 aromatic heterocycles. The Labute approximate surface area is 131 Å². The molecule has 0 aliphatic carbocycles. The first-order valence-electron chi connectivity index (χ1n) is 7.57. The Morgan fingerprint density at radius 3 is 2.32 bits per heavy atom. The largest absolute Gasteiger partial charge is 0.505 e. The highest BCUT2D eigenvalue weighted by atomic mass is 16.3. The van der Waals surface area contributed by atoms with Gasteiger partial charge in [0.05, 0.1) is 5.69 Å². The molecule has 0 fully saturated rings. The SMILES string of the molecule is Cc1cc(C)c(CNc2ccc3ccccc3c2O)c(C)c1. The van der Waals surface area contributed by atoms with Gasteiger partial charge >= 0.3 is 0 Å². The van der Waals surface area contributed by atoms with Crippen molar-refractivity contribution in [2.75, 3.05) is 5.32 Å². The summed E-state index contributed by atoms with van der Waals surface area (Å²) in [5, 5.41) is 15.7. The predicted molar refractivity (Wildman–Crippen MR) is 93.6 cm³/mol. The van der Waals surface area contributed by atoms with E-state index in [1.54, 1.807) is 0 Å². The molecule has 0 heterocycles. The summed E-state index contributed by atoms with van der Waals surface area (Å²) in [6.45, 7) is 7.10. The molecule has 0 amide bonds. The van der Waals surface area contributed by atoms with E-state index in [9.17, 15) is 5.11 Å². The fourth-order valence-corrected chi connectivity index (χ4v) is 3.07. The van der Waals surface area contributed by atoms with E-state index < -0.39 is 0 Å². The van der Waals surface area contributed by atoms with Gasteiger partial charge in [-0.25, -0.2) is 0 Å². The van der Waals surface area contributed by atoms with E-state index in [0.717, 1.165) is 16.5 Å². The van der Waals surface area contributed by atoms with E-state index in [0.29, 0.717) is 12.3 Å². The lowest BCUT2D eigenvalue weighted by Gasteiger charge is -2.15. The molecule has 0 saturated carbocycles. The number of hydrogen-bond donors (Lipinski definition) is 2. The second kappa shape index (κ2) is 5.72. The summed E-state index contributed by atoms with van der Waals surface area (Å²) >= 11 is 0. The van der Waals surface area contributed by atoms with E-state index >= 15 is 0 Å². The Morgan fingerprint density at radius 2 is 1.59 bits per heavy atom. The van der Waals surface area contributed by atoms with E-state index in [2.05, 4.69) is 38.2 Å². The fourth-order valence-electron chi connectivity index (χ4n) is 3.07. The summed E-state index contributed by atoms with van der Waals surface area (Å²) in [7, 11) is 0. The van der Waals surface area contributed by atoms with E-state index in [1.807, 2.05) is 36.4 Å². The number of aryl methyl sites for hydroxylation is 3. The number of fused-ring (bicyclic) bond motifs is 1. The van der Waals surface area contributed by atoms with Gasteiger partial charge in [0.2, 0.25) is 0 Å². The molecule has 3 aromatic rings. The number of aromatic hydroxyl groups is 1. The molecule has 0 spiro atoms. The summed E-state index contributed by atoms with van der Waals surface area (Å²) < 4.78 is 0. The number of phenols is 1. The number of nitrogens with one attached hydrogen (secondary N) is 1. The molecule has 0 aliphatic heterocycles. The van der Waals surface area contributed by atoms with Gasteiger partial charge in [-0.05, 0) is 48.9 Å². The van der Waals surface area contributed by atoms with Gasteiger partial charge in [0.25, 0.3) is 0 Å². The minimum atomic E-state index is 0.320. The minimum absolute atomic E-state index is 0.320. The second-order valence-electron chi connectivity index (χ2n) is 5.91. The van der Waals surface area contributed by atoms with Gasteiger partial charge in [0, 0.05) is 11.9 Å². The molecule has 3 rings (SSSR count). The predicted octanol–water partition coefficient (Wildman–Crippen LogP) is 5.08. The van der Waals surface area contributed by atoms with Crippen molar-refractivity contribution in [3.8, 4) is 5.75 Å². The van der Waals surface area contributed by atoms with Crippen molar-refractivity contribution in [3.63, 3.8) is 0 Å². The van der Waals surface area contributed by atoms with Gasteiger partial charge < -0.3 is 10.4 Å². The Bertz CT molecular complexity index is 813.